The highest BCUT2D eigenvalue weighted by Crippen LogP contribution is 2.40. The van der Waals surface area contributed by atoms with Gasteiger partial charge in [0.05, 0.1) is 36.1 Å². The van der Waals surface area contributed by atoms with E-state index in [-0.39, 0.29) is 29.8 Å². The van der Waals surface area contributed by atoms with Crippen molar-refractivity contribution in [2.24, 2.45) is 5.41 Å². The van der Waals surface area contributed by atoms with Crippen LogP contribution in [0.2, 0.25) is 5.15 Å². The summed E-state index contributed by atoms with van der Waals surface area (Å²) in [6, 6.07) is 10.8. The number of hydrogen-bond acceptors (Lipinski definition) is 5. The van der Waals surface area contributed by atoms with Gasteiger partial charge in [0, 0.05) is 23.6 Å². The number of aromatic amines is 1. The molecule has 33 heavy (non-hydrogen) atoms. The molecule has 2 aromatic carbocycles. The van der Waals surface area contributed by atoms with E-state index in [1.165, 1.54) is 7.11 Å². The van der Waals surface area contributed by atoms with Crippen LogP contribution in [0, 0.1) is 5.41 Å². The number of halogens is 1. The molecule has 4 aromatic rings. The zero-order chi connectivity index (χ0) is 23.9. The zero-order valence-electron chi connectivity index (χ0n) is 19.2. The summed E-state index contributed by atoms with van der Waals surface area (Å²) >= 11 is 6.16. The lowest BCUT2D eigenvalue weighted by Gasteiger charge is -2.33. The van der Waals surface area contributed by atoms with Gasteiger partial charge in [0.1, 0.15) is 5.82 Å². The summed E-state index contributed by atoms with van der Waals surface area (Å²) in [5.41, 5.74) is 3.29. The number of carbonyl (C=O) groups is 2. The summed E-state index contributed by atoms with van der Waals surface area (Å²) < 4.78 is 7.05. The van der Waals surface area contributed by atoms with E-state index in [1.807, 2.05) is 34.9 Å². The highest BCUT2D eigenvalue weighted by Gasteiger charge is 2.33. The number of esters is 1. The van der Waals surface area contributed by atoms with Gasteiger partial charge in [-0.1, -0.05) is 38.4 Å². The fraction of sp³-hybridized carbons (Fsp3) is 0.333. The van der Waals surface area contributed by atoms with E-state index in [0.29, 0.717) is 16.5 Å². The number of nitrogens with zero attached hydrogens (tertiary/aromatic N) is 3. The van der Waals surface area contributed by atoms with Crippen LogP contribution in [0.1, 0.15) is 43.6 Å². The second-order valence-electron chi connectivity index (χ2n) is 9.02. The van der Waals surface area contributed by atoms with Crippen molar-refractivity contribution in [2.75, 3.05) is 14.2 Å². The van der Waals surface area contributed by atoms with Gasteiger partial charge in [-0.2, -0.15) is 5.10 Å². The third kappa shape index (κ3) is 4.18. The highest BCUT2D eigenvalue weighted by atomic mass is 35.5. The van der Waals surface area contributed by atoms with E-state index in [9.17, 15) is 9.59 Å². The van der Waals surface area contributed by atoms with Crippen molar-refractivity contribution in [3.63, 3.8) is 0 Å². The van der Waals surface area contributed by atoms with Crippen LogP contribution >= 0.6 is 11.6 Å². The number of hydrogen-bond donors (Lipinski definition) is 2. The maximum atomic E-state index is 12.4. The number of aromatic nitrogens is 4. The minimum Gasteiger partial charge on any atom is -0.469 e. The Morgan fingerprint density at radius 2 is 1.97 bits per heavy atom. The van der Waals surface area contributed by atoms with Gasteiger partial charge in [0.2, 0.25) is 0 Å². The number of rotatable bonds is 5. The van der Waals surface area contributed by atoms with E-state index in [1.54, 1.807) is 13.1 Å². The summed E-state index contributed by atoms with van der Waals surface area (Å²) in [6.07, 6.45) is 0.154. The van der Waals surface area contributed by atoms with E-state index >= 15 is 0 Å². The molecule has 0 saturated heterocycles. The Hall–Kier alpha value is -3.39. The Morgan fingerprint density at radius 3 is 2.64 bits per heavy atom. The maximum Gasteiger partial charge on any atom is 0.307 e. The fourth-order valence-electron chi connectivity index (χ4n) is 4.05. The molecule has 0 aliphatic rings. The van der Waals surface area contributed by atoms with Crippen LogP contribution in [-0.4, -0.2) is 45.8 Å². The Labute approximate surface area is 196 Å². The number of amides is 1. The molecule has 2 heterocycles. The lowest BCUT2D eigenvalue weighted by atomic mass is 9.84. The van der Waals surface area contributed by atoms with Crippen LogP contribution in [0.3, 0.4) is 0 Å². The van der Waals surface area contributed by atoms with Gasteiger partial charge in [0.25, 0.3) is 5.91 Å². The first-order valence-corrected chi connectivity index (χ1v) is 11.0. The largest absolute Gasteiger partial charge is 0.469 e. The minimum absolute atomic E-state index is 0.154. The van der Waals surface area contributed by atoms with Gasteiger partial charge in [0.15, 0.2) is 5.15 Å². The van der Waals surface area contributed by atoms with Gasteiger partial charge in [-0.25, -0.2) is 4.98 Å². The molecule has 0 saturated carbocycles. The van der Waals surface area contributed by atoms with Crippen LogP contribution in [-0.2, 0) is 9.53 Å². The summed E-state index contributed by atoms with van der Waals surface area (Å²) in [5, 5.41) is 10.9. The number of nitrogens with one attached hydrogen (secondary N) is 2. The number of H-pyrrole nitrogens is 1. The minimum atomic E-state index is -0.319. The Balaban J connectivity index is 2.01. The summed E-state index contributed by atoms with van der Waals surface area (Å²) in [6.45, 7) is 6.20. The number of benzene rings is 2. The van der Waals surface area contributed by atoms with Gasteiger partial charge in [-0.05, 0) is 35.7 Å². The molecule has 2 N–H and O–H groups in total. The molecule has 0 bridgehead atoms. The number of imidazole rings is 1. The van der Waals surface area contributed by atoms with E-state index in [4.69, 9.17) is 21.3 Å². The molecule has 8 nitrogen and oxygen atoms in total. The molecular weight excluding hydrogens is 442 g/mol. The molecule has 1 atom stereocenters. The normalized spacial score (nSPS) is 12.8. The Morgan fingerprint density at radius 1 is 1.21 bits per heavy atom. The molecule has 0 aliphatic heterocycles. The smallest absolute Gasteiger partial charge is 0.307 e. The topological polar surface area (TPSA) is 102 Å². The maximum absolute atomic E-state index is 12.4. The predicted molar refractivity (Wildman–Crippen MR) is 128 cm³/mol. The first-order chi connectivity index (χ1) is 15.6. The fourth-order valence-corrected chi connectivity index (χ4v) is 4.26. The van der Waals surface area contributed by atoms with Crippen molar-refractivity contribution >= 4 is 45.4 Å². The van der Waals surface area contributed by atoms with E-state index < -0.39 is 0 Å². The van der Waals surface area contributed by atoms with Gasteiger partial charge < -0.3 is 14.6 Å². The predicted octanol–water partition coefficient (Wildman–Crippen LogP) is 4.74. The van der Waals surface area contributed by atoms with Crippen molar-refractivity contribution in [3.05, 3.63) is 47.1 Å². The van der Waals surface area contributed by atoms with Crippen LogP contribution < -0.4 is 5.32 Å². The molecule has 0 spiro atoms. The van der Waals surface area contributed by atoms with Crippen molar-refractivity contribution < 1.29 is 14.3 Å². The second-order valence-corrected chi connectivity index (χ2v) is 9.38. The quantitative estimate of drug-likeness (QED) is 0.412. The molecule has 172 valence electrons. The van der Waals surface area contributed by atoms with Crippen molar-refractivity contribution in [1.29, 1.82) is 0 Å². The molecule has 1 unspecified atom stereocenters. The molecular formula is C24H26ClN5O3. The molecule has 4 rings (SSSR count). The first-order valence-electron chi connectivity index (χ1n) is 10.6. The Bertz CT molecular complexity index is 1370. The average molecular weight is 468 g/mol. The number of methoxy groups -OCH3 is 1. The van der Waals surface area contributed by atoms with Gasteiger partial charge in [-0.3, -0.25) is 14.7 Å². The average Bonchev–Trinajstić information content (AvgIpc) is 3.35. The monoisotopic (exact) mass is 467 g/mol. The van der Waals surface area contributed by atoms with Crippen LogP contribution in [0.5, 0.6) is 0 Å². The van der Waals surface area contributed by atoms with E-state index in [0.717, 1.165) is 27.5 Å². The zero-order valence-corrected chi connectivity index (χ0v) is 19.9. The second kappa shape index (κ2) is 8.51. The van der Waals surface area contributed by atoms with Crippen LogP contribution in [0.15, 0.2) is 36.4 Å². The molecule has 0 fully saturated rings. The summed E-state index contributed by atoms with van der Waals surface area (Å²) in [5.74, 6) is 0.163. The van der Waals surface area contributed by atoms with Gasteiger partial charge in [-0.15, -0.1) is 0 Å². The molecule has 2 aromatic heterocycles. The third-order valence-electron chi connectivity index (χ3n) is 5.85. The van der Waals surface area contributed by atoms with Crippen LogP contribution in [0.25, 0.3) is 33.3 Å². The van der Waals surface area contributed by atoms with Gasteiger partial charge >= 0.3 is 5.97 Å². The standard InChI is InChI=1S/C24H26ClN5O3/c1-24(2,3)19(12-20(31)33-5)30-18-11-14(23(32)26-4)7-9-16(18)27-22(30)13-6-8-15-17(10-13)28-29-21(15)25/h6-11,19H,12H2,1-5H3,(H,26,32)(H,28,29). The number of carbonyl (C=O) groups excluding carboxylic acids is 2. The molecule has 1 amide bonds. The first kappa shape index (κ1) is 22.8. The van der Waals surface area contributed by atoms with E-state index in [2.05, 4.69) is 36.3 Å². The summed E-state index contributed by atoms with van der Waals surface area (Å²) in [7, 11) is 2.98. The number of fused-ring (bicyclic) bond motifs is 2. The highest BCUT2D eigenvalue weighted by molar-refractivity contribution is 6.34. The molecule has 9 heteroatoms. The lowest BCUT2D eigenvalue weighted by molar-refractivity contribution is -0.142. The number of ether oxygens (including phenoxy) is 1. The third-order valence-corrected chi connectivity index (χ3v) is 6.14. The Kier molecular flexibility index (Phi) is 5.88. The summed E-state index contributed by atoms with van der Waals surface area (Å²) in [4.78, 5) is 29.6. The lowest BCUT2D eigenvalue weighted by Crippen LogP contribution is -2.28. The molecule has 0 aliphatic carbocycles. The van der Waals surface area contributed by atoms with Crippen molar-refractivity contribution in [3.8, 4) is 11.4 Å². The van der Waals surface area contributed by atoms with Crippen LogP contribution in [0.4, 0.5) is 0 Å². The van der Waals surface area contributed by atoms with Crippen molar-refractivity contribution in [1.82, 2.24) is 25.1 Å². The SMILES string of the molecule is CNC(=O)c1ccc2nc(-c3ccc4c(Cl)n[nH]c4c3)n(C(CC(=O)OC)C(C)(C)C)c2c1. The van der Waals surface area contributed by atoms with Crippen molar-refractivity contribution in [2.45, 2.75) is 33.2 Å². The molecule has 0 radical (unpaired) electrons.